The summed E-state index contributed by atoms with van der Waals surface area (Å²) in [4.78, 5) is 27.3. The zero-order valence-corrected chi connectivity index (χ0v) is 15.9. The molecule has 28 heavy (non-hydrogen) atoms. The number of benzene rings is 2. The summed E-state index contributed by atoms with van der Waals surface area (Å²) in [7, 11) is 0. The molecule has 1 N–H and O–H groups in total. The van der Waals surface area contributed by atoms with E-state index in [-0.39, 0.29) is 11.8 Å². The normalized spacial score (nSPS) is 14.2. The van der Waals surface area contributed by atoms with Crippen LogP contribution in [0, 0.1) is 0 Å². The lowest BCUT2D eigenvalue weighted by molar-refractivity contribution is -0.116. The van der Waals surface area contributed by atoms with Crippen molar-refractivity contribution in [1.29, 1.82) is 0 Å². The Morgan fingerprint density at radius 1 is 0.893 bits per heavy atom. The van der Waals surface area contributed by atoms with Crippen LogP contribution in [-0.2, 0) is 11.3 Å². The van der Waals surface area contributed by atoms with Crippen molar-refractivity contribution in [2.75, 3.05) is 18.4 Å². The third kappa shape index (κ3) is 3.93. The molecule has 2 heterocycles. The Morgan fingerprint density at radius 3 is 2.50 bits per heavy atom. The van der Waals surface area contributed by atoms with Crippen LogP contribution >= 0.6 is 0 Å². The van der Waals surface area contributed by atoms with Crippen molar-refractivity contribution in [1.82, 2.24) is 9.47 Å². The fourth-order valence-corrected chi connectivity index (χ4v) is 3.82. The number of rotatable bonds is 5. The Balaban J connectivity index is 1.42. The topological polar surface area (TPSA) is 54.3 Å². The Morgan fingerprint density at radius 2 is 1.64 bits per heavy atom. The Hall–Kier alpha value is -3.08. The SMILES string of the molecule is O=C(CCn1ccc2ccccc21)Nc1ccccc1C(=O)N1CCCCC1. The first-order valence-electron chi connectivity index (χ1n) is 9.94. The molecule has 0 bridgehead atoms. The van der Waals surface area contributed by atoms with Crippen LogP contribution in [0.5, 0.6) is 0 Å². The summed E-state index contributed by atoms with van der Waals surface area (Å²) in [5, 5.41) is 4.11. The van der Waals surface area contributed by atoms with Crippen molar-refractivity contribution < 1.29 is 9.59 Å². The number of aromatic nitrogens is 1. The summed E-state index contributed by atoms with van der Waals surface area (Å²) in [6.07, 6.45) is 5.63. The van der Waals surface area contributed by atoms with Gasteiger partial charge in [0, 0.05) is 37.8 Å². The zero-order chi connectivity index (χ0) is 19.3. The second-order valence-electron chi connectivity index (χ2n) is 7.26. The first kappa shape index (κ1) is 18.3. The van der Waals surface area contributed by atoms with Crippen LogP contribution in [0.15, 0.2) is 60.8 Å². The number of fused-ring (bicyclic) bond motifs is 1. The van der Waals surface area contributed by atoms with E-state index in [2.05, 4.69) is 28.1 Å². The fraction of sp³-hybridized carbons (Fsp3) is 0.304. The smallest absolute Gasteiger partial charge is 0.255 e. The number of para-hydroxylation sites is 2. The largest absolute Gasteiger partial charge is 0.347 e. The van der Waals surface area contributed by atoms with E-state index in [4.69, 9.17) is 0 Å². The maximum atomic E-state index is 12.9. The van der Waals surface area contributed by atoms with Gasteiger partial charge in [-0.15, -0.1) is 0 Å². The summed E-state index contributed by atoms with van der Waals surface area (Å²) < 4.78 is 2.08. The van der Waals surface area contributed by atoms with E-state index in [0.717, 1.165) is 31.4 Å². The lowest BCUT2D eigenvalue weighted by Gasteiger charge is -2.27. The van der Waals surface area contributed by atoms with Gasteiger partial charge in [-0.1, -0.05) is 30.3 Å². The molecule has 1 saturated heterocycles. The molecule has 0 aliphatic carbocycles. The first-order valence-corrected chi connectivity index (χ1v) is 9.94. The van der Waals surface area contributed by atoms with Crippen LogP contribution in [0.25, 0.3) is 10.9 Å². The van der Waals surface area contributed by atoms with Crippen LogP contribution in [-0.4, -0.2) is 34.4 Å². The molecule has 0 atom stereocenters. The van der Waals surface area contributed by atoms with Gasteiger partial charge in [-0.25, -0.2) is 0 Å². The minimum atomic E-state index is -0.0864. The predicted octanol–water partition coefficient (Wildman–Crippen LogP) is 4.30. The van der Waals surface area contributed by atoms with E-state index < -0.39 is 0 Å². The average Bonchev–Trinajstić information content (AvgIpc) is 3.16. The number of carbonyl (C=O) groups is 2. The zero-order valence-electron chi connectivity index (χ0n) is 15.9. The van der Waals surface area contributed by atoms with Crippen molar-refractivity contribution in [2.24, 2.45) is 0 Å². The minimum absolute atomic E-state index is 0.00648. The summed E-state index contributed by atoms with van der Waals surface area (Å²) >= 11 is 0. The van der Waals surface area contributed by atoms with Gasteiger partial charge in [0.2, 0.25) is 5.91 Å². The van der Waals surface area contributed by atoms with Gasteiger partial charge < -0.3 is 14.8 Å². The molecule has 5 heteroatoms. The Bertz CT molecular complexity index is 986. The maximum Gasteiger partial charge on any atom is 0.255 e. The van der Waals surface area contributed by atoms with Gasteiger partial charge in [-0.05, 0) is 48.9 Å². The van der Waals surface area contributed by atoms with Gasteiger partial charge in [0.05, 0.1) is 11.3 Å². The molecule has 1 aliphatic heterocycles. The van der Waals surface area contributed by atoms with Crippen molar-refractivity contribution in [3.8, 4) is 0 Å². The quantitative estimate of drug-likeness (QED) is 0.723. The molecule has 0 spiro atoms. The van der Waals surface area contributed by atoms with E-state index in [9.17, 15) is 9.59 Å². The number of aryl methyl sites for hydroxylation is 1. The molecule has 5 nitrogen and oxygen atoms in total. The highest BCUT2D eigenvalue weighted by Crippen LogP contribution is 2.21. The van der Waals surface area contributed by atoms with Crippen molar-refractivity contribution in [3.05, 3.63) is 66.4 Å². The van der Waals surface area contributed by atoms with E-state index >= 15 is 0 Å². The Labute approximate surface area is 165 Å². The summed E-state index contributed by atoms with van der Waals surface area (Å²) in [6.45, 7) is 2.19. The number of likely N-dealkylation sites (tertiary alicyclic amines) is 1. The highest BCUT2D eigenvalue weighted by atomic mass is 16.2. The molecule has 1 fully saturated rings. The number of hydrogen-bond donors (Lipinski definition) is 1. The van der Waals surface area contributed by atoms with E-state index in [1.54, 1.807) is 12.1 Å². The van der Waals surface area contributed by atoms with Crippen LogP contribution in [0.4, 0.5) is 5.69 Å². The van der Waals surface area contributed by atoms with E-state index in [0.29, 0.717) is 24.2 Å². The van der Waals surface area contributed by atoms with Crippen LogP contribution in [0.3, 0.4) is 0 Å². The van der Waals surface area contributed by atoms with E-state index in [1.165, 1.54) is 11.8 Å². The van der Waals surface area contributed by atoms with Gasteiger partial charge in [0.1, 0.15) is 0 Å². The number of amides is 2. The van der Waals surface area contributed by atoms with Gasteiger partial charge in [0.25, 0.3) is 5.91 Å². The molecule has 0 radical (unpaired) electrons. The van der Waals surface area contributed by atoms with Crippen molar-refractivity contribution >= 4 is 28.4 Å². The minimum Gasteiger partial charge on any atom is -0.347 e. The van der Waals surface area contributed by atoms with Crippen molar-refractivity contribution in [2.45, 2.75) is 32.2 Å². The fourth-order valence-electron chi connectivity index (χ4n) is 3.82. The maximum absolute atomic E-state index is 12.9. The third-order valence-electron chi connectivity index (χ3n) is 5.33. The number of carbonyl (C=O) groups excluding carboxylic acids is 2. The van der Waals surface area contributed by atoms with Gasteiger partial charge in [-0.2, -0.15) is 0 Å². The second-order valence-corrected chi connectivity index (χ2v) is 7.26. The lowest BCUT2D eigenvalue weighted by Crippen LogP contribution is -2.36. The van der Waals surface area contributed by atoms with Gasteiger partial charge in [-0.3, -0.25) is 9.59 Å². The molecule has 0 saturated carbocycles. The molecule has 144 valence electrons. The third-order valence-corrected chi connectivity index (χ3v) is 5.33. The lowest BCUT2D eigenvalue weighted by atomic mass is 10.1. The van der Waals surface area contributed by atoms with Crippen molar-refractivity contribution in [3.63, 3.8) is 0 Å². The predicted molar refractivity (Wildman–Crippen MR) is 111 cm³/mol. The number of nitrogens with zero attached hydrogens (tertiary/aromatic N) is 2. The summed E-state index contributed by atoms with van der Waals surface area (Å²) in [5.74, 6) is -0.0799. The molecule has 3 aromatic rings. The van der Waals surface area contributed by atoms with Crippen LogP contribution < -0.4 is 5.32 Å². The molecular formula is C23H25N3O2. The number of nitrogens with one attached hydrogen (secondary N) is 1. The highest BCUT2D eigenvalue weighted by molar-refractivity contribution is 6.03. The number of piperidine rings is 1. The van der Waals surface area contributed by atoms with Gasteiger partial charge >= 0.3 is 0 Å². The second kappa shape index (κ2) is 8.30. The standard InChI is InChI=1S/C23H25N3O2/c27-22(13-17-25-16-12-18-8-2-5-11-21(18)25)24-20-10-4-3-9-19(20)23(28)26-14-6-1-7-15-26/h2-5,8-12,16H,1,6-7,13-15,17H2,(H,24,27). The Kier molecular flexibility index (Phi) is 5.42. The van der Waals surface area contributed by atoms with Crippen LogP contribution in [0.1, 0.15) is 36.0 Å². The number of hydrogen-bond acceptors (Lipinski definition) is 2. The number of anilines is 1. The molecule has 1 aliphatic rings. The monoisotopic (exact) mass is 375 g/mol. The summed E-state index contributed by atoms with van der Waals surface area (Å²) in [5.41, 5.74) is 2.29. The van der Waals surface area contributed by atoms with Gasteiger partial charge in [0.15, 0.2) is 0 Å². The van der Waals surface area contributed by atoms with E-state index in [1.807, 2.05) is 35.4 Å². The molecule has 0 unspecified atom stereocenters. The molecule has 2 aromatic carbocycles. The molecule has 4 rings (SSSR count). The molecular weight excluding hydrogens is 350 g/mol. The van der Waals surface area contributed by atoms with Crippen LogP contribution in [0.2, 0.25) is 0 Å². The highest BCUT2D eigenvalue weighted by Gasteiger charge is 2.21. The first-order chi connectivity index (χ1) is 13.7. The average molecular weight is 375 g/mol. The molecule has 2 amide bonds. The summed E-state index contributed by atoms with van der Waals surface area (Å²) in [6, 6.07) is 17.5. The molecule has 1 aromatic heterocycles.